The number of aliphatic carboxylic acids is 1. The van der Waals surface area contributed by atoms with Gasteiger partial charge in [-0.05, 0) is 18.6 Å². The predicted octanol–water partition coefficient (Wildman–Crippen LogP) is 1.02. The Morgan fingerprint density at radius 1 is 1.50 bits per heavy atom. The standard InChI is InChI=1S/C11H14N2O3/c1-3-9(11(15)16)13(2)10(14)8-6-4-5-7-12-8/h4-7,9H,3H2,1-2H3,(H,15,16). The van der Waals surface area contributed by atoms with Crippen LogP contribution in [0, 0.1) is 0 Å². The third-order valence-corrected chi connectivity index (χ3v) is 2.34. The van der Waals surface area contributed by atoms with Gasteiger partial charge in [-0.25, -0.2) is 4.79 Å². The molecular weight excluding hydrogens is 208 g/mol. The highest BCUT2D eigenvalue weighted by Crippen LogP contribution is 2.07. The lowest BCUT2D eigenvalue weighted by Gasteiger charge is -2.23. The predicted molar refractivity (Wildman–Crippen MR) is 58.0 cm³/mol. The van der Waals surface area contributed by atoms with Crippen molar-refractivity contribution in [1.29, 1.82) is 0 Å². The Balaban J connectivity index is 2.86. The molecular formula is C11H14N2O3. The van der Waals surface area contributed by atoms with Gasteiger partial charge in [-0.15, -0.1) is 0 Å². The molecule has 1 N–H and O–H groups in total. The van der Waals surface area contributed by atoms with Crippen molar-refractivity contribution in [3.8, 4) is 0 Å². The largest absolute Gasteiger partial charge is 0.480 e. The number of carbonyl (C=O) groups excluding carboxylic acids is 1. The Morgan fingerprint density at radius 2 is 2.19 bits per heavy atom. The van der Waals surface area contributed by atoms with Crippen molar-refractivity contribution in [2.45, 2.75) is 19.4 Å². The van der Waals surface area contributed by atoms with Gasteiger partial charge in [0.1, 0.15) is 11.7 Å². The second kappa shape index (κ2) is 5.25. The molecule has 1 atom stereocenters. The van der Waals surface area contributed by atoms with Crippen molar-refractivity contribution >= 4 is 11.9 Å². The molecule has 86 valence electrons. The average molecular weight is 222 g/mol. The van der Waals surface area contributed by atoms with Gasteiger partial charge in [-0.2, -0.15) is 0 Å². The number of hydrogen-bond donors (Lipinski definition) is 1. The van der Waals surface area contributed by atoms with E-state index in [9.17, 15) is 9.59 Å². The van der Waals surface area contributed by atoms with Crippen LogP contribution < -0.4 is 0 Å². The van der Waals surface area contributed by atoms with Gasteiger partial charge in [-0.1, -0.05) is 13.0 Å². The summed E-state index contributed by atoms with van der Waals surface area (Å²) >= 11 is 0. The van der Waals surface area contributed by atoms with Gasteiger partial charge in [0.05, 0.1) is 0 Å². The normalized spacial score (nSPS) is 11.9. The van der Waals surface area contributed by atoms with Crippen LogP contribution >= 0.6 is 0 Å². The minimum absolute atomic E-state index is 0.254. The summed E-state index contributed by atoms with van der Waals surface area (Å²) in [5.74, 6) is -1.39. The van der Waals surface area contributed by atoms with Gasteiger partial charge < -0.3 is 10.0 Å². The third kappa shape index (κ3) is 2.56. The van der Waals surface area contributed by atoms with Crippen molar-refractivity contribution in [3.05, 3.63) is 30.1 Å². The topological polar surface area (TPSA) is 70.5 Å². The molecule has 0 saturated heterocycles. The van der Waals surface area contributed by atoms with Crippen LogP contribution in [0.2, 0.25) is 0 Å². The highest BCUT2D eigenvalue weighted by atomic mass is 16.4. The first-order valence-electron chi connectivity index (χ1n) is 4.99. The lowest BCUT2D eigenvalue weighted by molar-refractivity contribution is -0.142. The lowest BCUT2D eigenvalue weighted by atomic mass is 10.2. The number of likely N-dealkylation sites (N-methyl/N-ethyl adjacent to an activating group) is 1. The number of hydrogen-bond acceptors (Lipinski definition) is 3. The van der Waals surface area contributed by atoms with Crippen molar-refractivity contribution in [1.82, 2.24) is 9.88 Å². The van der Waals surface area contributed by atoms with Crippen LogP contribution in [-0.4, -0.2) is 40.0 Å². The van der Waals surface area contributed by atoms with Crippen LogP contribution in [0.5, 0.6) is 0 Å². The molecule has 1 rings (SSSR count). The summed E-state index contributed by atoms with van der Waals surface area (Å²) in [6.07, 6.45) is 1.87. The van der Waals surface area contributed by atoms with E-state index in [1.165, 1.54) is 18.1 Å². The maximum absolute atomic E-state index is 11.8. The smallest absolute Gasteiger partial charge is 0.326 e. The van der Waals surface area contributed by atoms with Crippen LogP contribution in [0.15, 0.2) is 24.4 Å². The van der Waals surface area contributed by atoms with E-state index in [1.54, 1.807) is 25.1 Å². The summed E-state index contributed by atoms with van der Waals surface area (Å²) in [5, 5.41) is 8.93. The SMILES string of the molecule is CCC(C(=O)O)N(C)C(=O)c1ccccn1. The number of rotatable bonds is 4. The Morgan fingerprint density at radius 3 is 2.62 bits per heavy atom. The highest BCUT2D eigenvalue weighted by molar-refractivity contribution is 5.94. The molecule has 0 fully saturated rings. The fourth-order valence-corrected chi connectivity index (χ4v) is 1.43. The van der Waals surface area contributed by atoms with E-state index in [0.29, 0.717) is 6.42 Å². The maximum atomic E-state index is 11.8. The van der Waals surface area contributed by atoms with Gasteiger partial charge in [-0.3, -0.25) is 9.78 Å². The number of pyridine rings is 1. The first-order chi connectivity index (χ1) is 7.57. The minimum atomic E-state index is -1.01. The molecule has 0 saturated carbocycles. The summed E-state index contributed by atoms with van der Waals surface area (Å²) in [5.41, 5.74) is 0.254. The van der Waals surface area contributed by atoms with Crippen LogP contribution in [-0.2, 0) is 4.79 Å². The van der Waals surface area contributed by atoms with E-state index < -0.39 is 12.0 Å². The zero-order chi connectivity index (χ0) is 12.1. The Labute approximate surface area is 93.7 Å². The van der Waals surface area contributed by atoms with Gasteiger partial charge in [0, 0.05) is 13.2 Å². The lowest BCUT2D eigenvalue weighted by Crippen LogP contribution is -2.42. The van der Waals surface area contributed by atoms with Crippen molar-refractivity contribution in [2.24, 2.45) is 0 Å². The molecule has 0 radical (unpaired) electrons. The van der Waals surface area contributed by atoms with Crippen molar-refractivity contribution in [2.75, 3.05) is 7.05 Å². The highest BCUT2D eigenvalue weighted by Gasteiger charge is 2.25. The zero-order valence-electron chi connectivity index (χ0n) is 9.25. The zero-order valence-corrected chi connectivity index (χ0v) is 9.25. The van der Waals surface area contributed by atoms with E-state index >= 15 is 0 Å². The molecule has 5 heteroatoms. The molecule has 1 aromatic rings. The fraction of sp³-hybridized carbons (Fsp3) is 0.364. The van der Waals surface area contributed by atoms with E-state index in [1.807, 2.05) is 0 Å². The second-order valence-corrected chi connectivity index (χ2v) is 3.39. The quantitative estimate of drug-likeness (QED) is 0.825. The molecule has 0 spiro atoms. The van der Waals surface area contributed by atoms with E-state index in [4.69, 9.17) is 5.11 Å². The molecule has 1 unspecified atom stereocenters. The molecule has 1 heterocycles. The Hall–Kier alpha value is -1.91. The number of carboxylic acids is 1. The number of amides is 1. The third-order valence-electron chi connectivity index (χ3n) is 2.34. The maximum Gasteiger partial charge on any atom is 0.326 e. The first kappa shape index (κ1) is 12.2. The molecule has 1 aromatic heterocycles. The summed E-state index contributed by atoms with van der Waals surface area (Å²) in [6.45, 7) is 1.72. The van der Waals surface area contributed by atoms with Gasteiger partial charge in [0.2, 0.25) is 0 Å². The number of aromatic nitrogens is 1. The average Bonchev–Trinajstić information content (AvgIpc) is 2.29. The van der Waals surface area contributed by atoms with Crippen molar-refractivity contribution in [3.63, 3.8) is 0 Å². The Kier molecular flexibility index (Phi) is 3.99. The van der Waals surface area contributed by atoms with Crippen molar-refractivity contribution < 1.29 is 14.7 Å². The molecule has 5 nitrogen and oxygen atoms in total. The van der Waals surface area contributed by atoms with Crippen LogP contribution in [0.3, 0.4) is 0 Å². The van der Waals surface area contributed by atoms with E-state index in [2.05, 4.69) is 4.98 Å². The van der Waals surface area contributed by atoms with E-state index in [0.717, 1.165) is 0 Å². The summed E-state index contributed by atoms with van der Waals surface area (Å²) in [6, 6.07) is 4.14. The summed E-state index contributed by atoms with van der Waals surface area (Å²) in [7, 11) is 1.47. The summed E-state index contributed by atoms with van der Waals surface area (Å²) in [4.78, 5) is 27.8. The fourth-order valence-electron chi connectivity index (χ4n) is 1.43. The number of carbonyl (C=O) groups is 2. The monoisotopic (exact) mass is 222 g/mol. The molecule has 0 aliphatic heterocycles. The van der Waals surface area contributed by atoms with Gasteiger partial charge in [0.15, 0.2) is 0 Å². The van der Waals surface area contributed by atoms with Crippen LogP contribution in [0.1, 0.15) is 23.8 Å². The molecule has 0 aromatic carbocycles. The number of carboxylic acid groups (broad SMARTS) is 1. The Bertz CT molecular complexity index is 378. The molecule has 0 aliphatic rings. The minimum Gasteiger partial charge on any atom is -0.480 e. The van der Waals surface area contributed by atoms with Crippen LogP contribution in [0.4, 0.5) is 0 Å². The molecule has 16 heavy (non-hydrogen) atoms. The first-order valence-corrected chi connectivity index (χ1v) is 4.99. The number of nitrogens with zero attached hydrogens (tertiary/aromatic N) is 2. The molecule has 1 amide bonds. The van der Waals surface area contributed by atoms with Crippen LogP contribution in [0.25, 0.3) is 0 Å². The molecule has 0 bridgehead atoms. The van der Waals surface area contributed by atoms with Gasteiger partial charge >= 0.3 is 5.97 Å². The summed E-state index contributed by atoms with van der Waals surface area (Å²) < 4.78 is 0. The molecule has 0 aliphatic carbocycles. The second-order valence-electron chi connectivity index (χ2n) is 3.39. The van der Waals surface area contributed by atoms with E-state index in [-0.39, 0.29) is 11.6 Å². The van der Waals surface area contributed by atoms with Gasteiger partial charge in [0.25, 0.3) is 5.91 Å².